The number of carbonyl (C=O) groups is 1. The number of carbonyl (C=O) groups excluding carboxylic acids is 1. The smallest absolute Gasteiger partial charge is 0.335 e. The molecule has 1 aromatic carbocycles. The van der Waals surface area contributed by atoms with Crippen molar-refractivity contribution in [3.8, 4) is 0 Å². The second-order valence-electron chi connectivity index (χ2n) is 4.10. The largest absolute Gasteiger partial charge is 0.352 e. The topological polar surface area (TPSA) is 32.3 Å². The molecule has 1 aromatic rings. The average Bonchev–Trinajstić information content (AvgIpc) is 2.39. The van der Waals surface area contributed by atoms with Crippen LogP contribution < -0.4 is 5.32 Å². The first-order valence-corrected chi connectivity index (χ1v) is 5.66. The van der Waals surface area contributed by atoms with Gasteiger partial charge in [0.1, 0.15) is 5.82 Å². The van der Waals surface area contributed by atoms with Gasteiger partial charge in [-0.05, 0) is 12.1 Å². The quantitative estimate of drug-likeness (QED) is 0.868. The number of nitrogens with zero attached hydrogens (tertiary/aromatic N) is 1. The van der Waals surface area contributed by atoms with Gasteiger partial charge in [-0.3, -0.25) is 4.79 Å². The summed E-state index contributed by atoms with van der Waals surface area (Å²) in [5.74, 6) is -6.22. The predicted molar refractivity (Wildman–Crippen MR) is 59.7 cm³/mol. The Bertz CT molecular complexity index is 445. The van der Waals surface area contributed by atoms with Crippen molar-refractivity contribution in [3.63, 3.8) is 0 Å². The van der Waals surface area contributed by atoms with Crippen LogP contribution in [0, 0.1) is 5.82 Å². The first-order chi connectivity index (χ1) is 8.53. The second-order valence-corrected chi connectivity index (χ2v) is 4.10. The zero-order valence-electron chi connectivity index (χ0n) is 9.63. The highest BCUT2D eigenvalue weighted by molar-refractivity contribution is 5.85. The highest BCUT2D eigenvalue weighted by atomic mass is 19.3. The Labute approximate surface area is 103 Å². The number of nitrogens with one attached hydrogen (secondary N) is 1. The lowest BCUT2D eigenvalue weighted by molar-refractivity contribution is -0.160. The summed E-state index contributed by atoms with van der Waals surface area (Å²) in [7, 11) is 0. The molecule has 1 aliphatic rings. The van der Waals surface area contributed by atoms with E-state index >= 15 is 0 Å². The molecule has 1 N–H and O–H groups in total. The molecule has 0 unspecified atom stereocenters. The monoisotopic (exact) mass is 258 g/mol. The number of alkyl halides is 2. The van der Waals surface area contributed by atoms with Crippen molar-refractivity contribution in [2.24, 2.45) is 0 Å². The maximum Gasteiger partial charge on any atom is 0.352 e. The molecule has 18 heavy (non-hydrogen) atoms. The number of amides is 1. The van der Waals surface area contributed by atoms with E-state index in [2.05, 4.69) is 5.32 Å². The Hall–Kier alpha value is -1.56. The normalized spacial score (nSPS) is 16.7. The Morgan fingerprint density at radius 2 is 1.83 bits per heavy atom. The third kappa shape index (κ3) is 2.33. The molecule has 0 aromatic heterocycles. The standard InChI is InChI=1S/C12H13F3N2O/c13-10-4-2-1-3-9(10)12(14,15)11(18)17-7-5-16-6-8-17/h1-4,16H,5-8H2. The van der Waals surface area contributed by atoms with E-state index in [4.69, 9.17) is 0 Å². The lowest BCUT2D eigenvalue weighted by Crippen LogP contribution is -2.51. The fourth-order valence-corrected chi connectivity index (χ4v) is 1.90. The van der Waals surface area contributed by atoms with Crippen LogP contribution in [0.5, 0.6) is 0 Å². The second kappa shape index (κ2) is 4.97. The fourth-order valence-electron chi connectivity index (χ4n) is 1.90. The van der Waals surface area contributed by atoms with Crippen LogP contribution in [-0.4, -0.2) is 37.0 Å². The molecular weight excluding hydrogens is 245 g/mol. The summed E-state index contributed by atoms with van der Waals surface area (Å²) in [5.41, 5.74) is -0.867. The van der Waals surface area contributed by atoms with Gasteiger partial charge in [-0.1, -0.05) is 12.1 Å². The molecule has 3 nitrogen and oxygen atoms in total. The van der Waals surface area contributed by atoms with E-state index in [-0.39, 0.29) is 13.1 Å². The molecule has 0 atom stereocenters. The van der Waals surface area contributed by atoms with Crippen LogP contribution >= 0.6 is 0 Å². The highest BCUT2D eigenvalue weighted by Crippen LogP contribution is 2.32. The molecule has 0 bridgehead atoms. The summed E-state index contributed by atoms with van der Waals surface area (Å²) < 4.78 is 41.2. The van der Waals surface area contributed by atoms with E-state index in [1.165, 1.54) is 12.1 Å². The highest BCUT2D eigenvalue weighted by Gasteiger charge is 2.45. The zero-order valence-corrected chi connectivity index (χ0v) is 9.63. The summed E-state index contributed by atoms with van der Waals surface area (Å²) in [6.07, 6.45) is 0. The Kier molecular flexibility index (Phi) is 3.56. The van der Waals surface area contributed by atoms with Crippen LogP contribution in [0.25, 0.3) is 0 Å². The maximum absolute atomic E-state index is 13.9. The van der Waals surface area contributed by atoms with Crippen LogP contribution in [0.15, 0.2) is 24.3 Å². The zero-order chi connectivity index (χ0) is 13.2. The molecule has 0 saturated carbocycles. The van der Waals surface area contributed by atoms with Gasteiger partial charge < -0.3 is 10.2 Å². The van der Waals surface area contributed by atoms with Gasteiger partial charge in [-0.15, -0.1) is 0 Å². The van der Waals surface area contributed by atoms with Crippen molar-refractivity contribution < 1.29 is 18.0 Å². The van der Waals surface area contributed by atoms with Gasteiger partial charge in [-0.2, -0.15) is 8.78 Å². The third-order valence-corrected chi connectivity index (χ3v) is 2.88. The Morgan fingerprint density at radius 1 is 1.22 bits per heavy atom. The van der Waals surface area contributed by atoms with Crippen LogP contribution in [0.2, 0.25) is 0 Å². The SMILES string of the molecule is O=C(N1CCNCC1)C(F)(F)c1ccccc1F. The van der Waals surface area contributed by atoms with Crippen molar-refractivity contribution in [3.05, 3.63) is 35.6 Å². The Morgan fingerprint density at radius 3 is 2.44 bits per heavy atom. The minimum Gasteiger partial charge on any atom is -0.335 e. The number of hydrogen-bond donors (Lipinski definition) is 1. The lowest BCUT2D eigenvalue weighted by atomic mass is 10.1. The van der Waals surface area contributed by atoms with Crippen LogP contribution in [0.3, 0.4) is 0 Å². The first kappa shape index (κ1) is 12.9. The fraction of sp³-hybridized carbons (Fsp3) is 0.417. The molecule has 1 fully saturated rings. The van der Waals surface area contributed by atoms with Crippen LogP contribution in [0.1, 0.15) is 5.56 Å². The molecule has 1 amide bonds. The maximum atomic E-state index is 13.9. The summed E-state index contributed by atoms with van der Waals surface area (Å²) in [5, 5.41) is 2.96. The molecule has 98 valence electrons. The molecule has 2 rings (SSSR count). The van der Waals surface area contributed by atoms with Crippen molar-refractivity contribution in [2.75, 3.05) is 26.2 Å². The van der Waals surface area contributed by atoms with Gasteiger partial charge in [0.25, 0.3) is 5.91 Å². The minimum absolute atomic E-state index is 0.211. The van der Waals surface area contributed by atoms with E-state index in [1.807, 2.05) is 0 Å². The molecule has 0 spiro atoms. The number of piperazine rings is 1. The summed E-state index contributed by atoms with van der Waals surface area (Å²) in [6.45, 7) is 1.37. The van der Waals surface area contributed by atoms with Gasteiger partial charge >= 0.3 is 5.92 Å². The molecule has 1 heterocycles. The number of rotatable bonds is 2. The Balaban J connectivity index is 2.24. The van der Waals surface area contributed by atoms with Crippen molar-refractivity contribution in [2.45, 2.75) is 5.92 Å². The number of hydrogen-bond acceptors (Lipinski definition) is 2. The summed E-state index contributed by atoms with van der Waals surface area (Å²) in [4.78, 5) is 12.8. The van der Waals surface area contributed by atoms with Gasteiger partial charge in [0.2, 0.25) is 0 Å². The summed E-state index contributed by atoms with van der Waals surface area (Å²) in [6, 6.07) is 4.46. The minimum atomic E-state index is -3.82. The van der Waals surface area contributed by atoms with Crippen molar-refractivity contribution in [1.29, 1.82) is 0 Å². The van der Waals surface area contributed by atoms with Crippen molar-refractivity contribution in [1.82, 2.24) is 10.2 Å². The summed E-state index contributed by atoms with van der Waals surface area (Å²) >= 11 is 0. The van der Waals surface area contributed by atoms with Crippen LogP contribution in [0.4, 0.5) is 13.2 Å². The average molecular weight is 258 g/mol. The van der Waals surface area contributed by atoms with E-state index in [0.29, 0.717) is 13.1 Å². The van der Waals surface area contributed by atoms with Gasteiger partial charge in [-0.25, -0.2) is 4.39 Å². The molecule has 1 aliphatic heterocycles. The van der Waals surface area contributed by atoms with Crippen molar-refractivity contribution >= 4 is 5.91 Å². The van der Waals surface area contributed by atoms with E-state index < -0.39 is 23.2 Å². The number of halogens is 3. The van der Waals surface area contributed by atoms with Gasteiger partial charge in [0.15, 0.2) is 0 Å². The lowest BCUT2D eigenvalue weighted by Gasteiger charge is -2.30. The van der Waals surface area contributed by atoms with Gasteiger partial charge in [0.05, 0.1) is 5.56 Å². The number of benzene rings is 1. The predicted octanol–water partition coefficient (Wildman–Crippen LogP) is 1.35. The molecule has 1 saturated heterocycles. The molecular formula is C12H13F3N2O. The van der Waals surface area contributed by atoms with Crippen LogP contribution in [-0.2, 0) is 10.7 Å². The van der Waals surface area contributed by atoms with Gasteiger partial charge in [0, 0.05) is 26.2 Å². The third-order valence-electron chi connectivity index (χ3n) is 2.88. The molecule has 0 radical (unpaired) electrons. The first-order valence-electron chi connectivity index (χ1n) is 5.66. The molecule has 0 aliphatic carbocycles. The van der Waals surface area contributed by atoms with E-state index in [0.717, 1.165) is 17.0 Å². The van der Waals surface area contributed by atoms with E-state index in [1.54, 1.807) is 0 Å². The van der Waals surface area contributed by atoms with E-state index in [9.17, 15) is 18.0 Å². The molecule has 6 heteroatoms.